The first-order chi connectivity index (χ1) is 11.9. The highest BCUT2D eigenvalue weighted by Gasteiger charge is 2.25. The highest BCUT2D eigenvalue weighted by molar-refractivity contribution is 6.05. The summed E-state index contributed by atoms with van der Waals surface area (Å²) in [4.78, 5) is 34.9. The Balaban J connectivity index is 2.25. The Kier molecular flexibility index (Phi) is 5.19. The Hall–Kier alpha value is -3.60. The van der Waals surface area contributed by atoms with Gasteiger partial charge >= 0.3 is 11.9 Å². The molecule has 0 saturated carbocycles. The summed E-state index contributed by atoms with van der Waals surface area (Å²) in [5.41, 5.74) is 0.0909. The fourth-order valence-corrected chi connectivity index (χ4v) is 2.10. The van der Waals surface area contributed by atoms with E-state index in [2.05, 4.69) is 10.1 Å². The van der Waals surface area contributed by atoms with Crippen molar-refractivity contribution in [2.75, 3.05) is 12.4 Å². The molecule has 128 valence electrons. The van der Waals surface area contributed by atoms with E-state index >= 15 is 0 Å². The number of esters is 2. The van der Waals surface area contributed by atoms with Crippen LogP contribution >= 0.6 is 0 Å². The van der Waals surface area contributed by atoms with Crippen molar-refractivity contribution in [3.63, 3.8) is 0 Å². The topological polar surface area (TPSA) is 119 Å². The number of furan rings is 1. The van der Waals surface area contributed by atoms with E-state index in [1.807, 2.05) is 6.07 Å². The molecule has 8 nitrogen and oxygen atoms in total. The smallest absolute Gasteiger partial charge is 0.342 e. The quantitative estimate of drug-likeness (QED) is 0.669. The molecule has 0 radical (unpaired) electrons. The van der Waals surface area contributed by atoms with E-state index in [0.717, 1.165) is 0 Å². The van der Waals surface area contributed by atoms with E-state index in [1.165, 1.54) is 45.2 Å². The van der Waals surface area contributed by atoms with Crippen LogP contribution in [-0.2, 0) is 9.53 Å². The second kappa shape index (κ2) is 7.31. The number of hydrogen-bond acceptors (Lipinski definition) is 7. The molecule has 0 saturated heterocycles. The van der Waals surface area contributed by atoms with Gasteiger partial charge < -0.3 is 13.9 Å². The maximum atomic E-state index is 12.3. The third kappa shape index (κ3) is 3.84. The summed E-state index contributed by atoms with van der Waals surface area (Å²) in [6, 6.07) is 7.61. The first-order valence-electron chi connectivity index (χ1n) is 7.09. The Morgan fingerprint density at radius 1 is 1.20 bits per heavy atom. The lowest BCUT2D eigenvalue weighted by Crippen LogP contribution is -2.13. The van der Waals surface area contributed by atoms with Gasteiger partial charge in [0.15, 0.2) is 0 Å². The summed E-state index contributed by atoms with van der Waals surface area (Å²) >= 11 is 0. The molecule has 0 aliphatic heterocycles. The molecule has 25 heavy (non-hydrogen) atoms. The number of rotatable bonds is 4. The number of nitrogens with zero attached hydrogens (tertiary/aromatic N) is 1. The fourth-order valence-electron chi connectivity index (χ4n) is 2.10. The Bertz CT molecular complexity index is 874. The van der Waals surface area contributed by atoms with Gasteiger partial charge in [-0.3, -0.25) is 14.9 Å². The van der Waals surface area contributed by atoms with Crippen LogP contribution in [0.2, 0.25) is 0 Å². The van der Waals surface area contributed by atoms with E-state index in [9.17, 15) is 19.6 Å². The van der Waals surface area contributed by atoms with E-state index in [4.69, 9.17) is 9.15 Å². The fraction of sp³-hybridized carbons (Fsp3) is 0.176. The Morgan fingerprint density at radius 2 is 1.84 bits per heavy atom. The zero-order chi connectivity index (χ0) is 18.6. The van der Waals surface area contributed by atoms with Gasteiger partial charge in [-0.15, -0.1) is 0 Å². The van der Waals surface area contributed by atoms with Crippen molar-refractivity contribution in [1.29, 1.82) is 5.26 Å². The number of ether oxygens (including phenoxy) is 2. The standard InChI is InChI=1S/C17H14N2O6/c1-9-14(17(22)23-3)13(8-18)16(24-9)19-15(21)11-4-6-12(7-5-11)25-10(2)20/h4-7H,1-3H3,(H,19,21). The highest BCUT2D eigenvalue weighted by Crippen LogP contribution is 2.27. The van der Waals surface area contributed by atoms with Gasteiger partial charge in [0, 0.05) is 12.5 Å². The minimum Gasteiger partial charge on any atom is -0.465 e. The predicted molar refractivity (Wildman–Crippen MR) is 85.2 cm³/mol. The molecule has 1 aromatic carbocycles. The molecule has 1 aromatic heterocycles. The lowest BCUT2D eigenvalue weighted by Gasteiger charge is -2.04. The third-order valence-electron chi connectivity index (χ3n) is 3.19. The summed E-state index contributed by atoms with van der Waals surface area (Å²) in [6.07, 6.45) is 0. The van der Waals surface area contributed by atoms with Gasteiger partial charge in [0.05, 0.1) is 7.11 Å². The van der Waals surface area contributed by atoms with E-state index in [1.54, 1.807) is 0 Å². The summed E-state index contributed by atoms with van der Waals surface area (Å²) in [6.45, 7) is 2.75. The molecule has 2 rings (SSSR count). The van der Waals surface area contributed by atoms with Gasteiger partial charge in [-0.05, 0) is 31.2 Å². The van der Waals surface area contributed by atoms with Gasteiger partial charge in [-0.1, -0.05) is 0 Å². The summed E-state index contributed by atoms with van der Waals surface area (Å²) in [7, 11) is 1.18. The molecule has 0 spiro atoms. The van der Waals surface area contributed by atoms with Gasteiger partial charge in [-0.25, -0.2) is 4.79 Å². The molecule has 2 aromatic rings. The molecule has 0 atom stereocenters. The molecule has 0 unspecified atom stereocenters. The number of carbonyl (C=O) groups excluding carboxylic acids is 3. The normalized spacial score (nSPS) is 9.84. The summed E-state index contributed by atoms with van der Waals surface area (Å²) in [5, 5.41) is 11.7. The molecule has 1 N–H and O–H groups in total. The molecular weight excluding hydrogens is 328 g/mol. The number of aryl methyl sites for hydroxylation is 1. The van der Waals surface area contributed by atoms with Crippen LogP contribution in [0.4, 0.5) is 5.88 Å². The Labute approximate surface area is 142 Å². The number of benzene rings is 1. The maximum Gasteiger partial charge on any atom is 0.342 e. The van der Waals surface area contributed by atoms with Crippen molar-refractivity contribution in [3.8, 4) is 11.8 Å². The molecular formula is C17H14N2O6. The van der Waals surface area contributed by atoms with E-state index < -0.39 is 17.8 Å². The van der Waals surface area contributed by atoms with Crippen LogP contribution in [0.1, 0.15) is 39.0 Å². The van der Waals surface area contributed by atoms with Crippen LogP contribution < -0.4 is 10.1 Å². The second-order valence-corrected chi connectivity index (χ2v) is 4.91. The minimum absolute atomic E-state index is 0.0366. The zero-order valence-corrected chi connectivity index (χ0v) is 13.7. The number of methoxy groups -OCH3 is 1. The van der Waals surface area contributed by atoms with Crippen molar-refractivity contribution < 1.29 is 28.3 Å². The van der Waals surface area contributed by atoms with Crippen LogP contribution in [0.25, 0.3) is 0 Å². The largest absolute Gasteiger partial charge is 0.465 e. The lowest BCUT2D eigenvalue weighted by atomic mass is 10.1. The van der Waals surface area contributed by atoms with Gasteiger partial charge in [0.25, 0.3) is 5.91 Å². The number of anilines is 1. The second-order valence-electron chi connectivity index (χ2n) is 4.91. The number of amides is 1. The predicted octanol–water partition coefficient (Wildman–Crippen LogP) is 2.42. The van der Waals surface area contributed by atoms with E-state index in [0.29, 0.717) is 5.75 Å². The number of hydrogen-bond donors (Lipinski definition) is 1. The van der Waals surface area contributed by atoms with Crippen molar-refractivity contribution in [2.24, 2.45) is 0 Å². The average molecular weight is 342 g/mol. The van der Waals surface area contributed by atoms with Crippen LogP contribution in [0.5, 0.6) is 5.75 Å². The molecule has 0 aliphatic carbocycles. The zero-order valence-electron chi connectivity index (χ0n) is 13.7. The van der Waals surface area contributed by atoms with E-state index in [-0.39, 0.29) is 28.3 Å². The highest BCUT2D eigenvalue weighted by atomic mass is 16.5. The molecule has 0 fully saturated rings. The van der Waals surface area contributed by atoms with Crippen LogP contribution in [0.3, 0.4) is 0 Å². The monoisotopic (exact) mass is 342 g/mol. The van der Waals surface area contributed by atoms with Crippen molar-refractivity contribution in [3.05, 3.63) is 46.7 Å². The van der Waals surface area contributed by atoms with Gasteiger partial charge in [0.1, 0.15) is 28.7 Å². The van der Waals surface area contributed by atoms with Crippen LogP contribution in [0.15, 0.2) is 28.7 Å². The molecule has 1 heterocycles. The number of carbonyl (C=O) groups is 3. The molecule has 1 amide bonds. The average Bonchev–Trinajstić information content (AvgIpc) is 2.89. The van der Waals surface area contributed by atoms with Crippen molar-refractivity contribution in [1.82, 2.24) is 0 Å². The molecule has 0 aliphatic rings. The third-order valence-corrected chi connectivity index (χ3v) is 3.19. The van der Waals surface area contributed by atoms with Gasteiger partial charge in [-0.2, -0.15) is 5.26 Å². The first kappa shape index (κ1) is 17.7. The van der Waals surface area contributed by atoms with Crippen LogP contribution in [-0.4, -0.2) is 25.0 Å². The first-order valence-corrected chi connectivity index (χ1v) is 7.09. The SMILES string of the molecule is COC(=O)c1c(C)oc(NC(=O)c2ccc(OC(C)=O)cc2)c1C#N. The van der Waals surface area contributed by atoms with Crippen molar-refractivity contribution >= 4 is 23.7 Å². The lowest BCUT2D eigenvalue weighted by molar-refractivity contribution is -0.131. The molecule has 0 bridgehead atoms. The number of nitrogens with one attached hydrogen (secondary N) is 1. The Morgan fingerprint density at radius 3 is 2.36 bits per heavy atom. The summed E-state index contributed by atoms with van der Waals surface area (Å²) < 4.78 is 14.8. The van der Waals surface area contributed by atoms with Crippen molar-refractivity contribution in [2.45, 2.75) is 13.8 Å². The summed E-state index contributed by atoms with van der Waals surface area (Å²) in [5.74, 6) is -1.46. The number of nitriles is 1. The van der Waals surface area contributed by atoms with Gasteiger partial charge in [0.2, 0.25) is 5.88 Å². The molecule has 8 heteroatoms. The minimum atomic E-state index is -0.732. The van der Waals surface area contributed by atoms with Crippen LogP contribution in [0, 0.1) is 18.3 Å². The maximum absolute atomic E-state index is 12.3.